The zero-order chi connectivity index (χ0) is 20.2. The van der Waals surface area contributed by atoms with Crippen molar-refractivity contribution in [1.29, 1.82) is 0 Å². The maximum Gasteiger partial charge on any atom is 0.306 e. The molecule has 1 aromatic heterocycles. The van der Waals surface area contributed by atoms with Crippen LogP contribution in [-0.4, -0.2) is 27.1 Å². The highest BCUT2D eigenvalue weighted by atomic mass is 35.5. The maximum absolute atomic E-state index is 11.1. The van der Waals surface area contributed by atoms with Gasteiger partial charge in [-0.15, -0.1) is 0 Å². The van der Waals surface area contributed by atoms with Crippen LogP contribution < -0.4 is 5.32 Å². The van der Waals surface area contributed by atoms with E-state index in [4.69, 9.17) is 16.7 Å². The Morgan fingerprint density at radius 1 is 0.966 bits per heavy atom. The van der Waals surface area contributed by atoms with Crippen LogP contribution in [0, 0.1) is 5.92 Å². The number of carbonyl (C=O) groups is 1. The first kappa shape index (κ1) is 19.4. The zero-order valence-electron chi connectivity index (χ0n) is 15.9. The van der Waals surface area contributed by atoms with Crippen LogP contribution in [-0.2, 0) is 4.79 Å². The predicted molar refractivity (Wildman–Crippen MR) is 115 cm³/mol. The van der Waals surface area contributed by atoms with Crippen molar-refractivity contribution in [2.75, 3.05) is 5.32 Å². The molecule has 1 aliphatic rings. The van der Waals surface area contributed by atoms with Crippen molar-refractivity contribution in [2.45, 2.75) is 31.7 Å². The van der Waals surface area contributed by atoms with Crippen molar-refractivity contribution < 1.29 is 9.90 Å². The molecule has 1 fully saturated rings. The highest BCUT2D eigenvalue weighted by molar-refractivity contribution is 6.32. The highest BCUT2D eigenvalue weighted by Crippen LogP contribution is 2.31. The fourth-order valence-electron chi connectivity index (χ4n) is 3.78. The van der Waals surface area contributed by atoms with Crippen molar-refractivity contribution in [2.24, 2.45) is 5.92 Å². The van der Waals surface area contributed by atoms with Crippen LogP contribution in [0.15, 0.2) is 60.8 Å². The van der Waals surface area contributed by atoms with Gasteiger partial charge in [0, 0.05) is 11.6 Å². The molecule has 6 heteroatoms. The molecule has 0 radical (unpaired) electrons. The molecule has 2 aromatic carbocycles. The number of hydrogen-bond acceptors (Lipinski definition) is 4. The molecule has 3 aromatic rings. The van der Waals surface area contributed by atoms with Gasteiger partial charge in [0.05, 0.1) is 22.8 Å². The van der Waals surface area contributed by atoms with Crippen LogP contribution in [0.1, 0.15) is 25.7 Å². The summed E-state index contributed by atoms with van der Waals surface area (Å²) in [5.41, 5.74) is 3.84. The Labute approximate surface area is 174 Å². The van der Waals surface area contributed by atoms with Crippen molar-refractivity contribution >= 4 is 23.5 Å². The Morgan fingerprint density at radius 2 is 1.66 bits per heavy atom. The van der Waals surface area contributed by atoms with Gasteiger partial charge in [0.1, 0.15) is 0 Å². The normalized spacial score (nSPS) is 18.9. The minimum atomic E-state index is -0.702. The van der Waals surface area contributed by atoms with Crippen molar-refractivity contribution in [1.82, 2.24) is 9.97 Å². The quantitative estimate of drug-likeness (QED) is 0.582. The monoisotopic (exact) mass is 407 g/mol. The third kappa shape index (κ3) is 4.57. The lowest BCUT2D eigenvalue weighted by atomic mass is 9.86. The fourth-order valence-corrected chi connectivity index (χ4v) is 3.98. The average molecular weight is 408 g/mol. The number of nitrogens with zero attached hydrogens (tertiary/aromatic N) is 2. The van der Waals surface area contributed by atoms with Gasteiger partial charge in [0.25, 0.3) is 0 Å². The summed E-state index contributed by atoms with van der Waals surface area (Å²) in [5.74, 6) is -0.421. The van der Waals surface area contributed by atoms with Crippen LogP contribution in [0.2, 0.25) is 5.02 Å². The minimum Gasteiger partial charge on any atom is -0.481 e. The molecule has 1 saturated carbocycles. The van der Waals surface area contributed by atoms with Crippen molar-refractivity contribution in [3.8, 4) is 22.4 Å². The van der Waals surface area contributed by atoms with E-state index in [-0.39, 0.29) is 12.0 Å². The Hall–Kier alpha value is -2.92. The lowest BCUT2D eigenvalue weighted by molar-refractivity contribution is -0.142. The van der Waals surface area contributed by atoms with E-state index in [1.807, 2.05) is 30.3 Å². The smallest absolute Gasteiger partial charge is 0.306 e. The van der Waals surface area contributed by atoms with Crippen LogP contribution in [0.3, 0.4) is 0 Å². The number of halogens is 1. The molecule has 0 atom stereocenters. The number of aromatic nitrogens is 2. The summed E-state index contributed by atoms with van der Waals surface area (Å²) in [4.78, 5) is 20.1. The second-order valence-corrected chi connectivity index (χ2v) is 7.78. The van der Waals surface area contributed by atoms with E-state index >= 15 is 0 Å². The summed E-state index contributed by atoms with van der Waals surface area (Å²) in [7, 11) is 0. The molecule has 0 spiro atoms. The Kier molecular flexibility index (Phi) is 5.76. The van der Waals surface area contributed by atoms with E-state index in [1.165, 1.54) is 0 Å². The second kappa shape index (κ2) is 8.62. The van der Waals surface area contributed by atoms with Crippen molar-refractivity contribution in [3.05, 3.63) is 65.8 Å². The predicted octanol–water partition coefficient (Wildman–Crippen LogP) is 5.52. The topological polar surface area (TPSA) is 75.1 Å². The standard InChI is InChI=1S/C23H22ClN3O2/c24-20-14-25-23(26-19-11-9-16(10-12-19)22(28)29)27-21(20)18-8-4-7-17(13-18)15-5-2-1-3-6-15/h1-8,13-14,16,19H,9-12H2,(H,28,29)(H,25,26,27). The first-order valence-electron chi connectivity index (χ1n) is 9.78. The number of carboxylic acid groups (broad SMARTS) is 1. The molecular weight excluding hydrogens is 386 g/mol. The summed E-state index contributed by atoms with van der Waals surface area (Å²) in [6.07, 6.45) is 4.55. The van der Waals surface area contributed by atoms with Gasteiger partial charge in [-0.05, 0) is 42.9 Å². The van der Waals surface area contributed by atoms with Gasteiger partial charge in [-0.1, -0.05) is 60.1 Å². The number of carboxylic acids is 1. The average Bonchev–Trinajstić information content (AvgIpc) is 2.76. The summed E-state index contributed by atoms with van der Waals surface area (Å²) in [5, 5.41) is 13.0. The summed E-state index contributed by atoms with van der Waals surface area (Å²) in [6, 6.07) is 18.5. The number of rotatable bonds is 5. The van der Waals surface area contributed by atoms with Gasteiger partial charge < -0.3 is 10.4 Å². The van der Waals surface area contributed by atoms with E-state index in [0.29, 0.717) is 29.5 Å². The number of anilines is 1. The van der Waals surface area contributed by atoms with Gasteiger partial charge in [-0.2, -0.15) is 0 Å². The molecule has 0 amide bonds. The number of aliphatic carboxylic acids is 1. The van der Waals surface area contributed by atoms with E-state index in [0.717, 1.165) is 29.5 Å². The van der Waals surface area contributed by atoms with Gasteiger partial charge in [0.15, 0.2) is 0 Å². The molecule has 0 unspecified atom stereocenters. The van der Waals surface area contributed by atoms with Crippen LogP contribution in [0.4, 0.5) is 5.95 Å². The first-order chi connectivity index (χ1) is 14.1. The highest BCUT2D eigenvalue weighted by Gasteiger charge is 2.26. The van der Waals surface area contributed by atoms with E-state index in [2.05, 4.69) is 39.6 Å². The summed E-state index contributed by atoms with van der Waals surface area (Å²) < 4.78 is 0. The van der Waals surface area contributed by atoms with Crippen LogP contribution in [0.5, 0.6) is 0 Å². The Morgan fingerprint density at radius 3 is 2.38 bits per heavy atom. The van der Waals surface area contributed by atoms with Gasteiger partial charge >= 0.3 is 5.97 Å². The molecule has 2 N–H and O–H groups in total. The van der Waals surface area contributed by atoms with Gasteiger partial charge in [-0.25, -0.2) is 9.97 Å². The van der Waals surface area contributed by atoms with Gasteiger partial charge in [0.2, 0.25) is 5.95 Å². The molecule has 148 valence electrons. The maximum atomic E-state index is 11.1. The molecule has 1 heterocycles. The molecular formula is C23H22ClN3O2. The third-order valence-electron chi connectivity index (χ3n) is 5.40. The molecule has 29 heavy (non-hydrogen) atoms. The molecule has 0 saturated heterocycles. The number of hydrogen-bond donors (Lipinski definition) is 2. The lowest BCUT2D eigenvalue weighted by Gasteiger charge is -2.26. The fraction of sp³-hybridized carbons (Fsp3) is 0.261. The largest absolute Gasteiger partial charge is 0.481 e. The molecule has 0 aliphatic heterocycles. The van der Waals surface area contributed by atoms with Crippen LogP contribution in [0.25, 0.3) is 22.4 Å². The molecule has 5 nitrogen and oxygen atoms in total. The minimum absolute atomic E-state index is 0.176. The summed E-state index contributed by atoms with van der Waals surface area (Å²) in [6.45, 7) is 0. The summed E-state index contributed by atoms with van der Waals surface area (Å²) >= 11 is 6.41. The third-order valence-corrected chi connectivity index (χ3v) is 5.67. The molecule has 4 rings (SSSR count). The van der Waals surface area contributed by atoms with Crippen LogP contribution >= 0.6 is 11.6 Å². The Bertz CT molecular complexity index is 1000. The lowest BCUT2D eigenvalue weighted by Crippen LogP contribution is -2.29. The number of benzene rings is 2. The van der Waals surface area contributed by atoms with Gasteiger partial charge in [-0.3, -0.25) is 4.79 Å². The first-order valence-corrected chi connectivity index (χ1v) is 10.2. The number of nitrogens with one attached hydrogen (secondary N) is 1. The Balaban J connectivity index is 1.54. The molecule has 1 aliphatic carbocycles. The second-order valence-electron chi connectivity index (χ2n) is 7.37. The van der Waals surface area contributed by atoms with E-state index in [1.54, 1.807) is 6.20 Å². The van der Waals surface area contributed by atoms with Crippen molar-refractivity contribution in [3.63, 3.8) is 0 Å². The van der Waals surface area contributed by atoms with E-state index in [9.17, 15) is 4.79 Å². The zero-order valence-corrected chi connectivity index (χ0v) is 16.6. The SMILES string of the molecule is O=C(O)C1CCC(Nc2ncc(Cl)c(-c3cccc(-c4ccccc4)c3)n2)CC1. The molecule has 0 bridgehead atoms. The van der Waals surface area contributed by atoms with E-state index < -0.39 is 5.97 Å².